The molecule has 0 spiro atoms. The van der Waals surface area contributed by atoms with E-state index in [2.05, 4.69) is 243 Å². The Hall–Kier alpha value is -6.62. The minimum Gasteiger partial charge on any atom is -0.0616 e. The maximum atomic E-state index is 2.24. The zero-order valence-electron chi connectivity index (χ0n) is 31.4. The first kappa shape index (κ1) is 37.3. The smallest absolute Gasteiger partial charge is 0 e. The topological polar surface area (TPSA) is 0 Å². The van der Waals surface area contributed by atoms with Crippen molar-refractivity contribution in [1.82, 2.24) is 0 Å². The van der Waals surface area contributed by atoms with Gasteiger partial charge in [-0.05, 0) is 135 Å². The van der Waals surface area contributed by atoms with E-state index >= 15 is 0 Å². The SMILES string of the molecule is [Pd].c1ccc2cc3ccccc3cc2c1.c1ccc2cc3ccccc3cc2c1.c1ccc2cc3ccccc3cc2c1.c1ccc2cc3ccccc3cc2c1. The van der Waals surface area contributed by atoms with Crippen LogP contribution in [0.4, 0.5) is 0 Å². The summed E-state index contributed by atoms with van der Waals surface area (Å²) in [4.78, 5) is 0. The summed E-state index contributed by atoms with van der Waals surface area (Å²) >= 11 is 0. The van der Waals surface area contributed by atoms with E-state index < -0.39 is 0 Å². The zero-order valence-corrected chi connectivity index (χ0v) is 33.0. The molecule has 0 radical (unpaired) electrons. The van der Waals surface area contributed by atoms with Crippen LogP contribution in [0.3, 0.4) is 0 Å². The van der Waals surface area contributed by atoms with Gasteiger partial charge in [0.1, 0.15) is 0 Å². The molecule has 0 saturated carbocycles. The van der Waals surface area contributed by atoms with Gasteiger partial charge in [-0.1, -0.05) is 194 Å². The molecule has 0 aliphatic heterocycles. The molecule has 12 aromatic carbocycles. The van der Waals surface area contributed by atoms with Gasteiger partial charge >= 0.3 is 0 Å². The van der Waals surface area contributed by atoms with Crippen LogP contribution in [0.5, 0.6) is 0 Å². The fraction of sp³-hybridized carbons (Fsp3) is 0. The molecule has 12 rings (SSSR count). The predicted octanol–water partition coefficient (Wildman–Crippen LogP) is 16.0. The van der Waals surface area contributed by atoms with E-state index in [1.54, 1.807) is 0 Å². The van der Waals surface area contributed by atoms with Gasteiger partial charge in [-0.3, -0.25) is 0 Å². The van der Waals surface area contributed by atoms with Gasteiger partial charge in [0.2, 0.25) is 0 Å². The van der Waals surface area contributed by atoms with Crippen LogP contribution in [0.25, 0.3) is 86.2 Å². The molecular weight excluding hydrogens is 779 g/mol. The summed E-state index contributed by atoms with van der Waals surface area (Å²) in [6.07, 6.45) is 0. The Kier molecular flexibility index (Phi) is 11.4. The average Bonchev–Trinajstić information content (AvgIpc) is 3.27. The monoisotopic (exact) mass is 818 g/mol. The number of benzene rings is 12. The summed E-state index contributed by atoms with van der Waals surface area (Å²) in [5, 5.41) is 21.0. The van der Waals surface area contributed by atoms with Gasteiger partial charge in [-0.2, -0.15) is 0 Å². The van der Waals surface area contributed by atoms with E-state index in [1.165, 1.54) is 86.2 Å². The minimum atomic E-state index is 0. The van der Waals surface area contributed by atoms with Crippen LogP contribution < -0.4 is 0 Å². The third-order valence-electron chi connectivity index (χ3n) is 10.5. The van der Waals surface area contributed by atoms with Crippen molar-refractivity contribution in [3.8, 4) is 0 Å². The van der Waals surface area contributed by atoms with Gasteiger partial charge in [0.05, 0.1) is 0 Å². The second-order valence-electron chi connectivity index (χ2n) is 14.2. The Morgan fingerprint density at radius 1 is 0.123 bits per heavy atom. The van der Waals surface area contributed by atoms with Crippen molar-refractivity contribution in [3.63, 3.8) is 0 Å². The molecule has 0 saturated heterocycles. The standard InChI is InChI=1S/4C14H10.Pd/c4*1-2-6-12-10-14-8-4-3-7-13(14)9-11(12)5-1;/h4*1-10H;. The Labute approximate surface area is 347 Å². The molecule has 0 amide bonds. The van der Waals surface area contributed by atoms with Crippen LogP contribution in [0.2, 0.25) is 0 Å². The van der Waals surface area contributed by atoms with Gasteiger partial charge < -0.3 is 0 Å². The molecule has 0 heterocycles. The number of fused-ring (bicyclic) bond motifs is 8. The molecule has 0 aromatic heterocycles. The molecule has 0 atom stereocenters. The summed E-state index contributed by atoms with van der Waals surface area (Å²) < 4.78 is 0. The second kappa shape index (κ2) is 17.5. The summed E-state index contributed by atoms with van der Waals surface area (Å²) in [6.45, 7) is 0. The van der Waals surface area contributed by atoms with E-state index in [0.717, 1.165) is 0 Å². The normalized spacial score (nSPS) is 10.7. The molecule has 1 heteroatoms. The van der Waals surface area contributed by atoms with E-state index in [1.807, 2.05) is 0 Å². The van der Waals surface area contributed by atoms with Crippen molar-refractivity contribution in [2.75, 3.05) is 0 Å². The Morgan fingerprint density at radius 3 is 0.263 bits per heavy atom. The largest absolute Gasteiger partial charge is 0.0616 e. The first-order valence-corrected chi connectivity index (χ1v) is 19.2. The first-order valence-electron chi connectivity index (χ1n) is 19.2. The van der Waals surface area contributed by atoms with Crippen LogP contribution in [-0.2, 0) is 20.4 Å². The van der Waals surface area contributed by atoms with Crippen molar-refractivity contribution in [2.45, 2.75) is 0 Å². The predicted molar refractivity (Wildman–Crippen MR) is 246 cm³/mol. The molecule has 0 bridgehead atoms. The molecule has 57 heavy (non-hydrogen) atoms. The molecule has 274 valence electrons. The van der Waals surface area contributed by atoms with Crippen LogP contribution >= 0.6 is 0 Å². The van der Waals surface area contributed by atoms with Crippen LogP contribution in [0, 0.1) is 0 Å². The van der Waals surface area contributed by atoms with Gasteiger partial charge in [0, 0.05) is 20.4 Å². The molecule has 0 aliphatic carbocycles. The van der Waals surface area contributed by atoms with Crippen LogP contribution in [0.15, 0.2) is 243 Å². The molecule has 12 aromatic rings. The van der Waals surface area contributed by atoms with Crippen LogP contribution in [-0.4, -0.2) is 0 Å². The Balaban J connectivity index is 0.000000106. The van der Waals surface area contributed by atoms with Crippen molar-refractivity contribution >= 4 is 86.2 Å². The van der Waals surface area contributed by atoms with E-state index in [9.17, 15) is 0 Å². The van der Waals surface area contributed by atoms with Crippen molar-refractivity contribution in [3.05, 3.63) is 243 Å². The van der Waals surface area contributed by atoms with Gasteiger partial charge in [0.25, 0.3) is 0 Å². The number of hydrogen-bond donors (Lipinski definition) is 0. The number of hydrogen-bond acceptors (Lipinski definition) is 0. The molecule has 0 aliphatic rings. The third kappa shape index (κ3) is 8.62. The molecule has 0 N–H and O–H groups in total. The number of rotatable bonds is 0. The van der Waals surface area contributed by atoms with Crippen molar-refractivity contribution < 1.29 is 20.4 Å². The molecular formula is C56H40Pd. The fourth-order valence-electron chi connectivity index (χ4n) is 7.53. The summed E-state index contributed by atoms with van der Waals surface area (Å²) in [6, 6.07) is 85.7. The molecule has 0 nitrogen and oxygen atoms in total. The summed E-state index contributed by atoms with van der Waals surface area (Å²) in [5.74, 6) is 0. The zero-order chi connectivity index (χ0) is 37.5. The van der Waals surface area contributed by atoms with Gasteiger partial charge in [-0.15, -0.1) is 0 Å². The molecule has 0 fully saturated rings. The van der Waals surface area contributed by atoms with Gasteiger partial charge in [-0.25, -0.2) is 0 Å². The Bertz CT molecular complexity index is 2410. The Morgan fingerprint density at radius 2 is 0.193 bits per heavy atom. The summed E-state index contributed by atoms with van der Waals surface area (Å²) in [5.41, 5.74) is 0. The van der Waals surface area contributed by atoms with E-state index in [4.69, 9.17) is 0 Å². The molecule has 0 unspecified atom stereocenters. The average molecular weight is 819 g/mol. The van der Waals surface area contributed by atoms with E-state index in [0.29, 0.717) is 0 Å². The van der Waals surface area contributed by atoms with Crippen molar-refractivity contribution in [2.24, 2.45) is 0 Å². The minimum absolute atomic E-state index is 0. The maximum absolute atomic E-state index is 2.24. The quantitative estimate of drug-likeness (QED) is 0.106. The second-order valence-corrected chi connectivity index (χ2v) is 14.2. The van der Waals surface area contributed by atoms with Crippen LogP contribution in [0.1, 0.15) is 0 Å². The maximum Gasteiger partial charge on any atom is 0 e. The third-order valence-corrected chi connectivity index (χ3v) is 10.5. The fourth-order valence-corrected chi connectivity index (χ4v) is 7.53. The summed E-state index contributed by atoms with van der Waals surface area (Å²) in [7, 11) is 0. The van der Waals surface area contributed by atoms with E-state index in [-0.39, 0.29) is 20.4 Å². The first-order chi connectivity index (χ1) is 27.7. The van der Waals surface area contributed by atoms with Gasteiger partial charge in [0.15, 0.2) is 0 Å². The van der Waals surface area contributed by atoms with Crippen molar-refractivity contribution in [1.29, 1.82) is 0 Å².